The largest absolute Gasteiger partial charge is 0.358 e. The Morgan fingerprint density at radius 1 is 0.489 bits per heavy atom. The van der Waals surface area contributed by atoms with Gasteiger partial charge in [0.25, 0.3) is 0 Å². The molecule has 0 atom stereocenters. The molecule has 0 bridgehead atoms. The second kappa shape index (κ2) is 14.1. The van der Waals surface area contributed by atoms with Gasteiger partial charge in [-0.05, 0) is 81.6 Å². The van der Waals surface area contributed by atoms with Crippen molar-refractivity contribution in [2.75, 3.05) is 0 Å². The lowest BCUT2D eigenvalue weighted by atomic mass is 9.87. The molecule has 0 aliphatic rings. The van der Waals surface area contributed by atoms with Crippen molar-refractivity contribution in [3.8, 4) is 0 Å². The van der Waals surface area contributed by atoms with E-state index >= 15 is 0 Å². The van der Waals surface area contributed by atoms with E-state index in [9.17, 15) is 0 Å². The molecule has 5 nitrogen and oxygen atoms in total. The fraction of sp³-hybridized carbons (Fsp3) is 0.476. The van der Waals surface area contributed by atoms with Gasteiger partial charge in [-0.25, -0.2) is 9.97 Å². The zero-order valence-electron chi connectivity index (χ0n) is 31.5. The number of fused-ring (bicyclic) bond motifs is 3. The van der Waals surface area contributed by atoms with Crippen LogP contribution < -0.4 is 0 Å². The molecule has 3 aromatic heterocycles. The second-order valence-electron chi connectivity index (χ2n) is 16.4. The Labute approximate surface area is 283 Å². The number of hydrogen-bond acceptors (Lipinski definition) is 2. The molecule has 47 heavy (non-hydrogen) atoms. The number of nitrogens with one attached hydrogen (secondary N) is 3. The van der Waals surface area contributed by atoms with Gasteiger partial charge in [0.15, 0.2) is 0 Å². The van der Waals surface area contributed by atoms with E-state index in [1.54, 1.807) is 0 Å². The van der Waals surface area contributed by atoms with Crippen LogP contribution in [0.4, 0.5) is 0 Å². The molecule has 6 rings (SSSR count). The molecular weight excluding hydrogens is 574 g/mol. The zero-order valence-corrected chi connectivity index (χ0v) is 31.5. The average Bonchev–Trinajstić information content (AvgIpc) is 3.72. The van der Waals surface area contributed by atoms with Crippen molar-refractivity contribution < 1.29 is 0 Å². The van der Waals surface area contributed by atoms with Gasteiger partial charge < -0.3 is 15.0 Å². The van der Waals surface area contributed by atoms with Crippen molar-refractivity contribution >= 4 is 33.0 Å². The Morgan fingerprint density at radius 3 is 1.60 bits per heavy atom. The van der Waals surface area contributed by atoms with Gasteiger partial charge in [0.05, 0.1) is 22.1 Å². The summed E-state index contributed by atoms with van der Waals surface area (Å²) in [5, 5.41) is 1.32. The van der Waals surface area contributed by atoms with Crippen molar-refractivity contribution in [1.29, 1.82) is 0 Å². The minimum absolute atomic E-state index is 0.0704. The summed E-state index contributed by atoms with van der Waals surface area (Å²) in [6.45, 7) is 30.8. The van der Waals surface area contributed by atoms with E-state index < -0.39 is 0 Å². The molecule has 3 N–H and O–H groups in total. The van der Waals surface area contributed by atoms with Gasteiger partial charge in [-0.1, -0.05) is 121 Å². The number of benzene rings is 3. The van der Waals surface area contributed by atoms with Crippen LogP contribution in [0, 0.1) is 0 Å². The lowest BCUT2D eigenvalue weighted by Gasteiger charge is -2.18. The number of H-pyrrole nitrogens is 3. The van der Waals surface area contributed by atoms with E-state index in [4.69, 9.17) is 0 Å². The summed E-state index contributed by atoms with van der Waals surface area (Å²) in [6.07, 6.45) is 0. The molecule has 0 aliphatic heterocycles. The first kappa shape index (κ1) is 36.0. The van der Waals surface area contributed by atoms with E-state index in [-0.39, 0.29) is 10.8 Å². The zero-order chi connectivity index (χ0) is 34.8. The molecule has 0 fully saturated rings. The maximum absolute atomic E-state index is 4.65. The Morgan fingerprint density at radius 2 is 1.04 bits per heavy atom. The van der Waals surface area contributed by atoms with Crippen LogP contribution in [0.5, 0.6) is 0 Å². The fourth-order valence-corrected chi connectivity index (χ4v) is 5.35. The van der Waals surface area contributed by atoms with Gasteiger partial charge in [-0.15, -0.1) is 0 Å². The van der Waals surface area contributed by atoms with Crippen molar-refractivity contribution in [3.63, 3.8) is 0 Å². The Hall–Kier alpha value is -3.86. The fourth-order valence-electron chi connectivity index (χ4n) is 5.35. The second-order valence-corrected chi connectivity index (χ2v) is 16.4. The van der Waals surface area contributed by atoms with Crippen molar-refractivity contribution in [1.82, 2.24) is 24.9 Å². The SMILES string of the molecule is CC(C)(C)c1ccc2nc(C(C)(C)C)[nH]c2c1.CC(C)c1ccc2cc(C(C)C)[nH]c2c1.CC(C)c1ccc2nc(C(C)C)[nH]c2c1. The quantitative estimate of drug-likeness (QED) is 0.181. The Kier molecular flexibility index (Phi) is 10.8. The smallest absolute Gasteiger partial charge is 0.112 e. The van der Waals surface area contributed by atoms with E-state index in [0.717, 1.165) is 33.7 Å². The van der Waals surface area contributed by atoms with E-state index in [2.05, 4.69) is 183 Å². The third kappa shape index (κ3) is 8.94. The molecular formula is C42H59N5. The van der Waals surface area contributed by atoms with Gasteiger partial charge >= 0.3 is 0 Å². The Bertz CT molecular complexity index is 1800. The van der Waals surface area contributed by atoms with Crippen LogP contribution in [0.3, 0.4) is 0 Å². The number of aromatic amines is 3. The van der Waals surface area contributed by atoms with Crippen LogP contribution in [0.15, 0.2) is 60.7 Å². The highest BCUT2D eigenvalue weighted by atomic mass is 14.9. The van der Waals surface area contributed by atoms with Crippen LogP contribution in [-0.2, 0) is 10.8 Å². The molecule has 0 spiro atoms. The first-order valence-corrected chi connectivity index (χ1v) is 17.5. The maximum atomic E-state index is 4.65. The van der Waals surface area contributed by atoms with Crippen LogP contribution in [0.2, 0.25) is 0 Å². The van der Waals surface area contributed by atoms with Crippen molar-refractivity contribution in [3.05, 3.63) is 94.7 Å². The lowest BCUT2D eigenvalue weighted by Crippen LogP contribution is -2.13. The maximum Gasteiger partial charge on any atom is 0.112 e. The highest BCUT2D eigenvalue weighted by Gasteiger charge is 2.20. The summed E-state index contributed by atoms with van der Waals surface area (Å²) in [7, 11) is 0. The number of rotatable bonds is 4. The van der Waals surface area contributed by atoms with Crippen LogP contribution in [-0.4, -0.2) is 24.9 Å². The van der Waals surface area contributed by atoms with Gasteiger partial charge in [0, 0.05) is 22.5 Å². The molecule has 5 heteroatoms. The molecule has 0 unspecified atom stereocenters. The third-order valence-corrected chi connectivity index (χ3v) is 8.75. The monoisotopic (exact) mass is 633 g/mol. The van der Waals surface area contributed by atoms with Crippen LogP contribution in [0.1, 0.15) is 155 Å². The molecule has 252 valence electrons. The summed E-state index contributed by atoms with van der Waals surface area (Å²) in [6, 6.07) is 22.0. The van der Waals surface area contributed by atoms with Gasteiger partial charge in [0.2, 0.25) is 0 Å². The topological polar surface area (TPSA) is 73.2 Å². The van der Waals surface area contributed by atoms with E-state index in [0.29, 0.717) is 23.7 Å². The van der Waals surface area contributed by atoms with Gasteiger partial charge in [-0.3, -0.25) is 0 Å². The molecule has 0 amide bonds. The minimum Gasteiger partial charge on any atom is -0.358 e. The Balaban J connectivity index is 0.000000160. The predicted molar refractivity (Wildman–Crippen MR) is 204 cm³/mol. The number of nitrogens with zero attached hydrogens (tertiary/aromatic N) is 2. The normalized spacial score (nSPS) is 12.4. The lowest BCUT2D eigenvalue weighted by molar-refractivity contribution is 0.554. The highest BCUT2D eigenvalue weighted by Crippen LogP contribution is 2.28. The molecule has 0 radical (unpaired) electrons. The number of hydrogen-bond donors (Lipinski definition) is 3. The molecule has 0 saturated carbocycles. The molecule has 0 aliphatic carbocycles. The number of imidazole rings is 2. The first-order chi connectivity index (χ1) is 21.8. The summed E-state index contributed by atoms with van der Waals surface area (Å²) >= 11 is 0. The summed E-state index contributed by atoms with van der Waals surface area (Å²) in [4.78, 5) is 19.5. The predicted octanol–water partition coefficient (Wildman–Crippen LogP) is 12.4. The summed E-state index contributed by atoms with van der Waals surface area (Å²) in [5.74, 6) is 4.32. The summed E-state index contributed by atoms with van der Waals surface area (Å²) in [5.41, 5.74) is 11.4. The highest BCUT2D eigenvalue weighted by molar-refractivity contribution is 5.81. The molecule has 0 saturated heterocycles. The molecule has 3 aromatic carbocycles. The third-order valence-electron chi connectivity index (χ3n) is 8.75. The standard InChI is InChI=1S/C15H22N2.C14H19N.C13H18N2/c1-14(2,3)10-7-8-11-12(9-10)17-13(16-11)15(4,5)6;1-9(2)11-5-6-12-8-13(10(3)4)15-14(12)7-11;1-8(2)10-5-6-11-12(7-10)15-13(14-11)9(3)4/h7-9H,1-6H3,(H,16,17);5-10,15H,1-4H3;5-9H,1-4H3,(H,14,15). The van der Waals surface area contributed by atoms with Gasteiger partial charge in [0.1, 0.15) is 11.6 Å². The number of aromatic nitrogens is 5. The molecule has 6 aromatic rings. The van der Waals surface area contributed by atoms with Crippen LogP contribution in [0.25, 0.3) is 33.0 Å². The molecule has 3 heterocycles. The van der Waals surface area contributed by atoms with Gasteiger partial charge in [-0.2, -0.15) is 0 Å². The van der Waals surface area contributed by atoms with E-state index in [1.165, 1.54) is 33.3 Å². The first-order valence-electron chi connectivity index (χ1n) is 17.5. The minimum atomic E-state index is 0.0704. The van der Waals surface area contributed by atoms with Crippen molar-refractivity contribution in [2.24, 2.45) is 0 Å². The average molecular weight is 634 g/mol. The van der Waals surface area contributed by atoms with E-state index in [1.807, 2.05) is 0 Å². The van der Waals surface area contributed by atoms with Crippen LogP contribution >= 0.6 is 0 Å². The van der Waals surface area contributed by atoms with Crippen molar-refractivity contribution in [2.45, 2.75) is 131 Å². The summed E-state index contributed by atoms with van der Waals surface area (Å²) < 4.78 is 0.